The Hall–Kier alpha value is 0.140. The minimum atomic E-state index is 0.601. The highest BCUT2D eigenvalue weighted by Gasteiger charge is 2.31. The summed E-state index contributed by atoms with van der Waals surface area (Å²) in [7, 11) is 0. The average molecular weight is 358 g/mol. The number of nitrogens with one attached hydrogen (secondary N) is 1. The highest BCUT2D eigenvalue weighted by molar-refractivity contribution is 9.10. The van der Waals surface area contributed by atoms with Gasteiger partial charge >= 0.3 is 0 Å². The normalized spacial score (nSPS) is 18.6. The zero-order chi connectivity index (χ0) is 14.4. The third kappa shape index (κ3) is 4.85. The fourth-order valence-corrected chi connectivity index (χ4v) is 4.99. The van der Waals surface area contributed by atoms with Crippen molar-refractivity contribution in [2.75, 3.05) is 6.54 Å². The lowest BCUT2D eigenvalue weighted by Crippen LogP contribution is -2.32. The van der Waals surface area contributed by atoms with Gasteiger partial charge in [-0.1, -0.05) is 33.1 Å². The van der Waals surface area contributed by atoms with E-state index in [4.69, 9.17) is 0 Å². The van der Waals surface area contributed by atoms with Crippen LogP contribution in [-0.2, 0) is 6.42 Å². The smallest absolute Gasteiger partial charge is 0.0314 e. The van der Waals surface area contributed by atoms with Gasteiger partial charge in [-0.15, -0.1) is 11.3 Å². The molecule has 1 aromatic rings. The second-order valence-electron chi connectivity index (χ2n) is 6.61. The molecular formula is C17H28BrNS. The summed E-state index contributed by atoms with van der Waals surface area (Å²) in [6, 6.07) is 2.80. The molecule has 0 saturated heterocycles. The van der Waals surface area contributed by atoms with E-state index in [9.17, 15) is 0 Å². The minimum Gasteiger partial charge on any atom is -0.315 e. The number of hydrogen-bond donors (Lipinski definition) is 1. The van der Waals surface area contributed by atoms with Crippen LogP contribution in [0.3, 0.4) is 0 Å². The van der Waals surface area contributed by atoms with E-state index in [1.807, 2.05) is 11.3 Å². The van der Waals surface area contributed by atoms with Crippen LogP contribution in [0.4, 0.5) is 0 Å². The molecule has 1 heterocycles. The molecule has 0 aromatic carbocycles. The first kappa shape index (κ1) is 16.5. The second kappa shape index (κ2) is 7.95. The Morgan fingerprint density at radius 3 is 2.60 bits per heavy atom. The standard InChI is InChI=1S/C17H28BrNS/c1-14(2)19-12-11-17(8-4-3-5-9-17)10-6-16-15(18)7-13-20-16/h7,13-14,19H,3-6,8-12H2,1-2H3. The Labute approximate surface area is 136 Å². The highest BCUT2D eigenvalue weighted by Crippen LogP contribution is 2.43. The quantitative estimate of drug-likeness (QED) is 0.651. The highest BCUT2D eigenvalue weighted by atomic mass is 79.9. The van der Waals surface area contributed by atoms with Crippen LogP contribution >= 0.6 is 27.3 Å². The fraction of sp³-hybridized carbons (Fsp3) is 0.765. The third-order valence-corrected chi connectivity index (χ3v) is 6.68. The van der Waals surface area contributed by atoms with E-state index >= 15 is 0 Å². The molecule has 1 saturated carbocycles. The van der Waals surface area contributed by atoms with E-state index in [1.165, 1.54) is 67.3 Å². The van der Waals surface area contributed by atoms with Crippen molar-refractivity contribution in [3.63, 3.8) is 0 Å². The Kier molecular flexibility index (Phi) is 6.57. The van der Waals surface area contributed by atoms with Crippen molar-refractivity contribution in [3.8, 4) is 0 Å². The van der Waals surface area contributed by atoms with Gasteiger partial charge in [-0.25, -0.2) is 0 Å². The molecule has 0 spiro atoms. The summed E-state index contributed by atoms with van der Waals surface area (Å²) in [5.41, 5.74) is 0.601. The molecular weight excluding hydrogens is 330 g/mol. The molecule has 0 bridgehead atoms. The first-order valence-corrected chi connectivity index (χ1v) is 9.74. The molecule has 0 aliphatic heterocycles. The van der Waals surface area contributed by atoms with Gasteiger partial charge in [0.05, 0.1) is 0 Å². The summed E-state index contributed by atoms with van der Waals surface area (Å²) < 4.78 is 1.31. The maximum absolute atomic E-state index is 3.68. The predicted octanol–water partition coefficient (Wildman–Crippen LogP) is 5.78. The number of hydrogen-bond acceptors (Lipinski definition) is 2. The molecule has 3 heteroatoms. The summed E-state index contributed by atoms with van der Waals surface area (Å²) >= 11 is 5.58. The molecule has 20 heavy (non-hydrogen) atoms. The van der Waals surface area contributed by atoms with Crippen LogP contribution in [0.5, 0.6) is 0 Å². The SMILES string of the molecule is CC(C)NCCC1(CCc2sccc2Br)CCCCC1. The number of rotatable bonds is 7. The van der Waals surface area contributed by atoms with Gasteiger partial charge in [-0.05, 0) is 71.4 Å². The van der Waals surface area contributed by atoms with E-state index in [2.05, 4.69) is 46.5 Å². The van der Waals surface area contributed by atoms with E-state index in [1.54, 1.807) is 0 Å². The van der Waals surface area contributed by atoms with E-state index in [0.29, 0.717) is 11.5 Å². The number of halogens is 1. The van der Waals surface area contributed by atoms with Crippen LogP contribution in [0.15, 0.2) is 15.9 Å². The first-order valence-electron chi connectivity index (χ1n) is 8.07. The summed E-state index contributed by atoms with van der Waals surface area (Å²) in [5.74, 6) is 0. The number of aryl methyl sites for hydroxylation is 1. The lowest BCUT2D eigenvalue weighted by Gasteiger charge is -2.38. The molecule has 114 valence electrons. The van der Waals surface area contributed by atoms with Crippen molar-refractivity contribution in [2.24, 2.45) is 5.41 Å². The molecule has 1 aromatic heterocycles. The lowest BCUT2D eigenvalue weighted by molar-refractivity contribution is 0.156. The molecule has 2 rings (SSSR count). The fourth-order valence-electron chi connectivity index (χ4n) is 3.43. The van der Waals surface area contributed by atoms with Crippen molar-refractivity contribution in [3.05, 3.63) is 20.8 Å². The molecule has 1 aliphatic carbocycles. The minimum absolute atomic E-state index is 0.601. The maximum atomic E-state index is 3.68. The summed E-state index contributed by atoms with van der Waals surface area (Å²) in [5, 5.41) is 5.82. The Balaban J connectivity index is 1.90. The molecule has 1 nitrogen and oxygen atoms in total. The topological polar surface area (TPSA) is 12.0 Å². The summed E-state index contributed by atoms with van der Waals surface area (Å²) in [4.78, 5) is 1.53. The molecule has 0 unspecified atom stereocenters. The van der Waals surface area contributed by atoms with E-state index < -0.39 is 0 Å². The van der Waals surface area contributed by atoms with Gasteiger partial charge in [0.1, 0.15) is 0 Å². The van der Waals surface area contributed by atoms with Crippen LogP contribution in [0.25, 0.3) is 0 Å². The van der Waals surface area contributed by atoms with Crippen LogP contribution in [-0.4, -0.2) is 12.6 Å². The monoisotopic (exact) mass is 357 g/mol. The van der Waals surface area contributed by atoms with Gasteiger partial charge in [0.25, 0.3) is 0 Å². The first-order chi connectivity index (χ1) is 9.61. The molecule has 0 atom stereocenters. The van der Waals surface area contributed by atoms with Crippen molar-refractivity contribution < 1.29 is 0 Å². The van der Waals surface area contributed by atoms with Gasteiger partial charge < -0.3 is 5.32 Å². The second-order valence-corrected chi connectivity index (χ2v) is 8.47. The number of thiophene rings is 1. The van der Waals surface area contributed by atoms with Crippen molar-refractivity contribution in [1.29, 1.82) is 0 Å². The largest absolute Gasteiger partial charge is 0.315 e. The third-order valence-electron chi connectivity index (χ3n) is 4.70. The van der Waals surface area contributed by atoms with Crippen LogP contribution in [0.1, 0.15) is 63.7 Å². The van der Waals surface area contributed by atoms with Crippen LogP contribution in [0.2, 0.25) is 0 Å². The molecule has 1 N–H and O–H groups in total. The van der Waals surface area contributed by atoms with Gasteiger partial charge in [-0.2, -0.15) is 0 Å². The van der Waals surface area contributed by atoms with Gasteiger partial charge in [0, 0.05) is 15.4 Å². The van der Waals surface area contributed by atoms with E-state index in [-0.39, 0.29) is 0 Å². The van der Waals surface area contributed by atoms with Gasteiger partial charge in [0.2, 0.25) is 0 Å². The summed E-state index contributed by atoms with van der Waals surface area (Å²) in [6.45, 7) is 5.68. The van der Waals surface area contributed by atoms with Gasteiger partial charge in [0.15, 0.2) is 0 Å². The maximum Gasteiger partial charge on any atom is 0.0314 e. The average Bonchev–Trinajstić information content (AvgIpc) is 2.83. The lowest BCUT2D eigenvalue weighted by atomic mass is 9.69. The van der Waals surface area contributed by atoms with E-state index in [0.717, 1.165) is 0 Å². The molecule has 0 amide bonds. The van der Waals surface area contributed by atoms with Crippen molar-refractivity contribution in [1.82, 2.24) is 5.32 Å². The zero-order valence-corrected chi connectivity index (χ0v) is 15.3. The molecule has 0 radical (unpaired) electrons. The predicted molar refractivity (Wildman–Crippen MR) is 93.6 cm³/mol. The molecule has 1 aliphatic rings. The Morgan fingerprint density at radius 2 is 2.00 bits per heavy atom. The Bertz CT molecular complexity index is 393. The Morgan fingerprint density at radius 1 is 1.25 bits per heavy atom. The van der Waals surface area contributed by atoms with Crippen LogP contribution in [0, 0.1) is 5.41 Å². The summed E-state index contributed by atoms with van der Waals surface area (Å²) in [6.07, 6.45) is 11.2. The van der Waals surface area contributed by atoms with Gasteiger partial charge in [-0.3, -0.25) is 0 Å². The van der Waals surface area contributed by atoms with Crippen molar-refractivity contribution in [2.45, 2.75) is 71.3 Å². The van der Waals surface area contributed by atoms with Crippen molar-refractivity contribution >= 4 is 27.3 Å². The zero-order valence-electron chi connectivity index (χ0n) is 12.9. The molecule has 1 fully saturated rings. The van der Waals surface area contributed by atoms with Crippen LogP contribution < -0.4 is 5.32 Å².